The average molecular weight is 231 g/mol. The molecule has 3 nitrogen and oxygen atoms in total. The maximum Gasteiger partial charge on any atom is 0.133 e. The van der Waals surface area contributed by atoms with Gasteiger partial charge in [0, 0.05) is 5.69 Å². The molecule has 0 spiro atoms. The summed E-state index contributed by atoms with van der Waals surface area (Å²) in [6, 6.07) is 6.70. The quantitative estimate of drug-likeness (QED) is 0.834. The van der Waals surface area contributed by atoms with Gasteiger partial charge in [-0.1, -0.05) is 0 Å². The molecular weight excluding hydrogens is 217 g/mol. The Kier molecular flexibility index (Phi) is 2.95. The second kappa shape index (κ2) is 4.41. The zero-order valence-electron chi connectivity index (χ0n) is 9.79. The first kappa shape index (κ1) is 11.4. The summed E-state index contributed by atoms with van der Waals surface area (Å²) in [6.07, 6.45) is 1.59. The van der Waals surface area contributed by atoms with Crippen LogP contribution >= 0.6 is 0 Å². The number of nitrogens with zero attached hydrogens (tertiary/aromatic N) is 1. The molecule has 1 heterocycles. The fourth-order valence-electron chi connectivity index (χ4n) is 1.59. The van der Waals surface area contributed by atoms with Crippen LogP contribution in [-0.2, 0) is 0 Å². The first-order chi connectivity index (χ1) is 8.06. The highest BCUT2D eigenvalue weighted by Gasteiger charge is 2.03. The molecule has 3 N–H and O–H groups in total. The van der Waals surface area contributed by atoms with Crippen LogP contribution in [0.1, 0.15) is 11.1 Å². The van der Waals surface area contributed by atoms with Crippen molar-refractivity contribution in [3.8, 4) is 0 Å². The molecule has 0 bridgehead atoms. The summed E-state index contributed by atoms with van der Waals surface area (Å²) in [5.74, 6) is 0.516. The van der Waals surface area contributed by atoms with Gasteiger partial charge in [-0.25, -0.2) is 9.37 Å². The molecule has 0 aliphatic rings. The third kappa shape index (κ3) is 2.53. The van der Waals surface area contributed by atoms with Crippen LogP contribution < -0.4 is 11.1 Å². The van der Waals surface area contributed by atoms with Gasteiger partial charge in [0.1, 0.15) is 11.6 Å². The number of hydrogen-bond acceptors (Lipinski definition) is 3. The molecule has 1 aromatic heterocycles. The van der Waals surface area contributed by atoms with Crippen LogP contribution in [0.4, 0.5) is 21.6 Å². The van der Waals surface area contributed by atoms with Gasteiger partial charge in [0.05, 0.1) is 11.9 Å². The van der Waals surface area contributed by atoms with E-state index in [1.807, 2.05) is 13.0 Å². The number of nitrogens with one attached hydrogen (secondary N) is 1. The third-order valence-corrected chi connectivity index (χ3v) is 2.52. The molecule has 2 aromatic rings. The Hall–Kier alpha value is -2.10. The van der Waals surface area contributed by atoms with Gasteiger partial charge in [0.25, 0.3) is 0 Å². The Morgan fingerprint density at radius 2 is 1.94 bits per heavy atom. The van der Waals surface area contributed by atoms with Crippen molar-refractivity contribution in [1.29, 1.82) is 0 Å². The van der Waals surface area contributed by atoms with Crippen molar-refractivity contribution < 1.29 is 4.39 Å². The molecule has 1 aromatic carbocycles. The zero-order valence-corrected chi connectivity index (χ0v) is 9.79. The van der Waals surface area contributed by atoms with Crippen LogP contribution in [0.3, 0.4) is 0 Å². The number of nitrogen functional groups attached to an aromatic ring is 1. The number of aryl methyl sites for hydroxylation is 2. The average Bonchev–Trinajstić information content (AvgIpc) is 2.27. The van der Waals surface area contributed by atoms with Crippen molar-refractivity contribution in [1.82, 2.24) is 4.98 Å². The summed E-state index contributed by atoms with van der Waals surface area (Å²) in [7, 11) is 0. The van der Waals surface area contributed by atoms with E-state index in [0.717, 1.165) is 17.1 Å². The lowest BCUT2D eigenvalue weighted by molar-refractivity contribution is 0.619. The zero-order chi connectivity index (χ0) is 12.4. The maximum absolute atomic E-state index is 13.1. The van der Waals surface area contributed by atoms with Crippen LogP contribution in [-0.4, -0.2) is 4.98 Å². The molecule has 0 unspecified atom stereocenters. The molecule has 0 amide bonds. The molecule has 0 atom stereocenters. The number of hydrogen-bond donors (Lipinski definition) is 2. The number of benzene rings is 1. The van der Waals surface area contributed by atoms with Crippen molar-refractivity contribution >= 4 is 17.2 Å². The first-order valence-corrected chi connectivity index (χ1v) is 5.31. The van der Waals surface area contributed by atoms with E-state index >= 15 is 0 Å². The van der Waals surface area contributed by atoms with E-state index in [-0.39, 0.29) is 5.82 Å². The highest BCUT2D eigenvalue weighted by Crippen LogP contribution is 2.21. The predicted octanol–water partition coefficient (Wildman–Crippen LogP) is 3.16. The Labute approximate surface area is 99.5 Å². The van der Waals surface area contributed by atoms with Crippen LogP contribution in [0.2, 0.25) is 0 Å². The van der Waals surface area contributed by atoms with Gasteiger partial charge in [-0.15, -0.1) is 0 Å². The predicted molar refractivity (Wildman–Crippen MR) is 67.8 cm³/mol. The summed E-state index contributed by atoms with van der Waals surface area (Å²) < 4.78 is 13.1. The second-order valence-electron chi connectivity index (χ2n) is 4.02. The maximum atomic E-state index is 13.1. The molecular formula is C13H14FN3. The van der Waals surface area contributed by atoms with Crippen LogP contribution in [0.15, 0.2) is 30.5 Å². The van der Waals surface area contributed by atoms with Crippen LogP contribution in [0.25, 0.3) is 0 Å². The molecule has 2 rings (SSSR count). The molecule has 4 heteroatoms. The smallest absolute Gasteiger partial charge is 0.133 e. The van der Waals surface area contributed by atoms with E-state index in [9.17, 15) is 4.39 Å². The van der Waals surface area contributed by atoms with E-state index in [4.69, 9.17) is 5.73 Å². The van der Waals surface area contributed by atoms with Gasteiger partial charge in [0.15, 0.2) is 0 Å². The molecule has 0 fully saturated rings. The van der Waals surface area contributed by atoms with Crippen LogP contribution in [0, 0.1) is 19.7 Å². The van der Waals surface area contributed by atoms with Gasteiger partial charge < -0.3 is 11.1 Å². The third-order valence-electron chi connectivity index (χ3n) is 2.52. The summed E-state index contributed by atoms with van der Waals surface area (Å²) in [4.78, 5) is 4.20. The highest BCUT2D eigenvalue weighted by molar-refractivity contribution is 5.61. The van der Waals surface area contributed by atoms with Gasteiger partial charge >= 0.3 is 0 Å². The second-order valence-corrected chi connectivity index (χ2v) is 4.02. The van der Waals surface area contributed by atoms with Crippen molar-refractivity contribution in [2.24, 2.45) is 0 Å². The highest BCUT2D eigenvalue weighted by atomic mass is 19.1. The molecule has 88 valence electrons. The number of nitrogens with two attached hydrogens (primary N) is 1. The fraction of sp³-hybridized carbons (Fsp3) is 0.154. The molecule has 0 saturated heterocycles. The summed E-state index contributed by atoms with van der Waals surface area (Å²) in [5.41, 5.74) is 8.61. The lowest BCUT2D eigenvalue weighted by Crippen LogP contribution is -1.98. The summed E-state index contributed by atoms with van der Waals surface area (Å²) in [6.45, 7) is 3.64. The molecule has 0 aliphatic heterocycles. The number of pyridine rings is 1. The van der Waals surface area contributed by atoms with Crippen molar-refractivity contribution in [2.75, 3.05) is 11.1 Å². The number of rotatable bonds is 2. The fourth-order valence-corrected chi connectivity index (χ4v) is 1.59. The minimum Gasteiger partial charge on any atom is -0.397 e. The Balaban J connectivity index is 2.28. The Bertz CT molecular complexity index is 552. The van der Waals surface area contributed by atoms with Gasteiger partial charge in [-0.3, -0.25) is 0 Å². The number of halogens is 1. The van der Waals surface area contributed by atoms with E-state index in [2.05, 4.69) is 10.3 Å². The van der Waals surface area contributed by atoms with E-state index in [1.54, 1.807) is 25.3 Å². The van der Waals surface area contributed by atoms with E-state index < -0.39 is 0 Å². The number of anilines is 3. The lowest BCUT2D eigenvalue weighted by Gasteiger charge is -2.09. The topological polar surface area (TPSA) is 50.9 Å². The van der Waals surface area contributed by atoms with Crippen molar-refractivity contribution in [3.63, 3.8) is 0 Å². The lowest BCUT2D eigenvalue weighted by atomic mass is 10.2. The van der Waals surface area contributed by atoms with Gasteiger partial charge in [0.2, 0.25) is 0 Å². The molecule has 0 radical (unpaired) electrons. The molecule has 0 aliphatic carbocycles. The monoisotopic (exact) mass is 231 g/mol. The minimum absolute atomic E-state index is 0.211. The van der Waals surface area contributed by atoms with E-state index in [1.165, 1.54) is 6.07 Å². The standard InChI is InChI=1S/C13H14FN3/c1-8-6-11(3-4-12(8)14)17-13-9(2)5-10(15)7-16-13/h3-7H,15H2,1-2H3,(H,16,17). The first-order valence-electron chi connectivity index (χ1n) is 5.31. The van der Waals surface area contributed by atoms with Crippen LogP contribution in [0.5, 0.6) is 0 Å². The minimum atomic E-state index is -0.211. The summed E-state index contributed by atoms with van der Waals surface area (Å²) >= 11 is 0. The SMILES string of the molecule is Cc1cc(Nc2ncc(N)cc2C)ccc1F. The van der Waals surface area contributed by atoms with E-state index in [0.29, 0.717) is 11.3 Å². The van der Waals surface area contributed by atoms with Crippen molar-refractivity contribution in [3.05, 3.63) is 47.4 Å². The normalized spacial score (nSPS) is 10.3. The number of aromatic nitrogens is 1. The molecule has 17 heavy (non-hydrogen) atoms. The van der Waals surface area contributed by atoms with Crippen molar-refractivity contribution in [2.45, 2.75) is 13.8 Å². The van der Waals surface area contributed by atoms with Gasteiger partial charge in [-0.05, 0) is 49.2 Å². The van der Waals surface area contributed by atoms with Gasteiger partial charge in [-0.2, -0.15) is 0 Å². The largest absolute Gasteiger partial charge is 0.397 e. The Morgan fingerprint density at radius 3 is 2.59 bits per heavy atom. The summed E-state index contributed by atoms with van der Waals surface area (Å²) in [5, 5.41) is 3.13. The molecule has 0 saturated carbocycles. The Morgan fingerprint density at radius 1 is 1.18 bits per heavy atom.